The van der Waals surface area contributed by atoms with Crippen molar-refractivity contribution in [3.63, 3.8) is 0 Å². The highest BCUT2D eigenvalue weighted by atomic mass is 16.5. The van der Waals surface area contributed by atoms with Crippen LogP contribution in [0.4, 0.5) is 0 Å². The first kappa shape index (κ1) is 9.52. The van der Waals surface area contributed by atoms with E-state index >= 15 is 0 Å². The maximum Gasteiger partial charge on any atom is 0.364 e. The quantitative estimate of drug-likeness (QED) is 0.624. The van der Waals surface area contributed by atoms with Crippen molar-refractivity contribution in [3.8, 4) is 0 Å². The van der Waals surface area contributed by atoms with E-state index in [1.807, 2.05) is 0 Å². The van der Waals surface area contributed by atoms with E-state index < -0.39 is 0 Å². The van der Waals surface area contributed by atoms with Gasteiger partial charge in [-0.15, -0.1) is 0 Å². The molecule has 0 aromatic rings. The van der Waals surface area contributed by atoms with Crippen molar-refractivity contribution in [1.29, 1.82) is 0 Å². The predicted octanol–water partition coefficient (Wildman–Crippen LogP) is 0.350. The van der Waals surface area contributed by atoms with Gasteiger partial charge in [0.15, 0.2) is 6.04 Å². The third-order valence-electron chi connectivity index (χ3n) is 2.34. The summed E-state index contributed by atoms with van der Waals surface area (Å²) < 4.78 is 5.09. The minimum absolute atomic E-state index is 0.165. The lowest BCUT2D eigenvalue weighted by molar-refractivity contribution is -0.402. The molecule has 1 saturated carbocycles. The predicted molar refractivity (Wildman–Crippen MR) is 45.3 cm³/mol. The highest BCUT2D eigenvalue weighted by molar-refractivity contribution is 5.73. The van der Waals surface area contributed by atoms with Gasteiger partial charge in [-0.3, -0.25) is 0 Å². The molecule has 0 aliphatic heterocycles. The van der Waals surface area contributed by atoms with E-state index in [4.69, 9.17) is 4.74 Å². The van der Waals surface area contributed by atoms with E-state index in [2.05, 4.69) is 5.73 Å². The van der Waals surface area contributed by atoms with Crippen molar-refractivity contribution in [3.05, 3.63) is 0 Å². The molecule has 1 rings (SSSR count). The van der Waals surface area contributed by atoms with Crippen LogP contribution in [0.5, 0.6) is 0 Å². The monoisotopic (exact) mass is 172 g/mol. The first-order valence-electron chi connectivity index (χ1n) is 4.70. The molecule has 0 saturated heterocycles. The number of esters is 1. The molecular weight excluding hydrogens is 154 g/mol. The van der Waals surface area contributed by atoms with Crippen LogP contribution >= 0.6 is 0 Å². The van der Waals surface area contributed by atoms with Gasteiger partial charge >= 0.3 is 5.97 Å². The number of quaternary nitrogens is 1. The van der Waals surface area contributed by atoms with Gasteiger partial charge in [0.1, 0.15) is 0 Å². The Bertz CT molecular complexity index is 151. The second-order valence-corrected chi connectivity index (χ2v) is 3.68. The van der Waals surface area contributed by atoms with E-state index in [1.54, 1.807) is 6.92 Å². The Labute approximate surface area is 73.3 Å². The summed E-state index contributed by atoms with van der Waals surface area (Å²) in [6, 6.07) is -0.230. The van der Waals surface area contributed by atoms with Crippen LogP contribution in [0.3, 0.4) is 0 Å². The van der Waals surface area contributed by atoms with Crippen LogP contribution in [-0.4, -0.2) is 18.6 Å². The Hall–Kier alpha value is -0.570. The molecule has 0 spiro atoms. The van der Waals surface area contributed by atoms with Crippen molar-refractivity contribution in [2.45, 2.75) is 38.6 Å². The van der Waals surface area contributed by atoms with Gasteiger partial charge in [-0.2, -0.15) is 0 Å². The largest absolute Gasteiger partial charge is 0.461 e. The average Bonchev–Trinajstić information content (AvgIpc) is 2.51. The van der Waals surface area contributed by atoms with Gasteiger partial charge in [0.05, 0.1) is 6.61 Å². The number of hydrogen-bond acceptors (Lipinski definition) is 2. The lowest BCUT2D eigenvalue weighted by Gasteiger charge is -2.09. The Balaban J connectivity index is 2.12. The maximum atomic E-state index is 11.0. The summed E-state index contributed by atoms with van der Waals surface area (Å²) in [7, 11) is 0. The van der Waals surface area contributed by atoms with Crippen LogP contribution in [0.2, 0.25) is 0 Å². The lowest BCUT2D eigenvalue weighted by Crippen LogP contribution is -2.63. The molecule has 70 valence electrons. The van der Waals surface area contributed by atoms with Crippen molar-refractivity contribution in [2.75, 3.05) is 6.61 Å². The maximum absolute atomic E-state index is 11.0. The van der Waals surface area contributed by atoms with Crippen molar-refractivity contribution in [2.24, 2.45) is 5.92 Å². The molecule has 0 radical (unpaired) electrons. The summed E-state index contributed by atoms with van der Waals surface area (Å²) in [4.78, 5) is 11.0. The molecule has 0 bridgehead atoms. The zero-order chi connectivity index (χ0) is 8.97. The van der Waals surface area contributed by atoms with Crippen LogP contribution < -0.4 is 5.73 Å². The van der Waals surface area contributed by atoms with Crippen LogP contribution in [0.25, 0.3) is 0 Å². The number of carbonyl (C=O) groups excluding carboxylic acids is 1. The SMILES string of the molecule is C[C@H]([NH3+])C(=O)OCC1CCCC1. The lowest BCUT2D eigenvalue weighted by atomic mass is 10.1. The minimum Gasteiger partial charge on any atom is -0.461 e. The molecule has 1 atom stereocenters. The third kappa shape index (κ3) is 2.81. The molecule has 1 aliphatic rings. The Kier molecular flexibility index (Phi) is 3.53. The number of rotatable bonds is 3. The van der Waals surface area contributed by atoms with Crippen LogP contribution in [0.1, 0.15) is 32.6 Å². The van der Waals surface area contributed by atoms with Gasteiger partial charge < -0.3 is 10.5 Å². The van der Waals surface area contributed by atoms with Gasteiger partial charge in [-0.1, -0.05) is 12.8 Å². The molecule has 12 heavy (non-hydrogen) atoms. The Morgan fingerprint density at radius 3 is 2.67 bits per heavy atom. The molecule has 0 aromatic heterocycles. The minimum atomic E-state index is -0.230. The molecular formula is C9H18NO2+. The standard InChI is InChI=1S/C9H17NO2/c1-7(10)9(11)12-6-8-4-2-3-5-8/h7-8H,2-6,10H2,1H3/p+1/t7-/m0/s1. The van der Waals surface area contributed by atoms with Gasteiger partial charge in [0.25, 0.3) is 0 Å². The zero-order valence-electron chi connectivity index (χ0n) is 7.71. The zero-order valence-corrected chi connectivity index (χ0v) is 7.71. The Morgan fingerprint density at radius 1 is 1.58 bits per heavy atom. The Morgan fingerprint density at radius 2 is 2.17 bits per heavy atom. The van der Waals surface area contributed by atoms with Crippen molar-refractivity contribution < 1.29 is 15.3 Å². The van der Waals surface area contributed by atoms with Crippen molar-refractivity contribution >= 4 is 5.97 Å². The molecule has 0 aromatic carbocycles. The highest BCUT2D eigenvalue weighted by Gasteiger charge is 2.19. The molecule has 1 aliphatic carbocycles. The van der Waals surface area contributed by atoms with E-state index in [0.29, 0.717) is 12.5 Å². The van der Waals surface area contributed by atoms with Gasteiger partial charge in [-0.25, -0.2) is 4.79 Å². The van der Waals surface area contributed by atoms with Gasteiger partial charge in [0, 0.05) is 0 Å². The summed E-state index contributed by atoms with van der Waals surface area (Å²) in [5.41, 5.74) is 3.61. The number of carbonyl (C=O) groups is 1. The second kappa shape index (κ2) is 4.45. The first-order valence-corrected chi connectivity index (χ1v) is 4.70. The van der Waals surface area contributed by atoms with Crippen LogP contribution in [0.15, 0.2) is 0 Å². The fourth-order valence-electron chi connectivity index (χ4n) is 1.52. The van der Waals surface area contributed by atoms with E-state index in [1.165, 1.54) is 25.7 Å². The number of ether oxygens (including phenoxy) is 1. The average molecular weight is 172 g/mol. The van der Waals surface area contributed by atoms with Gasteiger partial charge in [-0.05, 0) is 25.7 Å². The topological polar surface area (TPSA) is 53.9 Å². The summed E-state index contributed by atoms with van der Waals surface area (Å²) in [6.07, 6.45) is 5.03. The van der Waals surface area contributed by atoms with E-state index in [0.717, 1.165) is 0 Å². The molecule has 3 heteroatoms. The second-order valence-electron chi connectivity index (χ2n) is 3.68. The molecule has 0 unspecified atom stereocenters. The molecule has 0 amide bonds. The normalized spacial score (nSPS) is 20.8. The van der Waals surface area contributed by atoms with E-state index in [9.17, 15) is 4.79 Å². The molecule has 3 nitrogen and oxygen atoms in total. The molecule has 0 heterocycles. The molecule has 3 N–H and O–H groups in total. The van der Waals surface area contributed by atoms with E-state index in [-0.39, 0.29) is 12.0 Å². The van der Waals surface area contributed by atoms with Gasteiger partial charge in [0.2, 0.25) is 0 Å². The first-order chi connectivity index (χ1) is 5.70. The summed E-state index contributed by atoms with van der Waals surface area (Å²) >= 11 is 0. The van der Waals surface area contributed by atoms with Crippen LogP contribution in [-0.2, 0) is 9.53 Å². The summed E-state index contributed by atoms with van der Waals surface area (Å²) in [6.45, 7) is 2.37. The smallest absolute Gasteiger partial charge is 0.364 e. The fraction of sp³-hybridized carbons (Fsp3) is 0.889. The highest BCUT2D eigenvalue weighted by Crippen LogP contribution is 2.24. The van der Waals surface area contributed by atoms with Crippen molar-refractivity contribution in [1.82, 2.24) is 0 Å². The fourth-order valence-corrected chi connectivity index (χ4v) is 1.52. The third-order valence-corrected chi connectivity index (χ3v) is 2.34. The summed E-state index contributed by atoms with van der Waals surface area (Å²) in [5, 5.41) is 0. The van der Waals surface area contributed by atoms with Crippen LogP contribution in [0, 0.1) is 5.92 Å². The number of hydrogen-bond donors (Lipinski definition) is 1. The summed E-state index contributed by atoms with van der Waals surface area (Å²) in [5.74, 6) is 0.453. The molecule has 1 fully saturated rings.